The molecule has 4 N–H and O–H groups in total. The Hall–Kier alpha value is -4.54. The lowest BCUT2D eigenvalue weighted by Crippen LogP contribution is -2.41. The van der Waals surface area contributed by atoms with Crippen molar-refractivity contribution in [2.24, 2.45) is 0 Å². The third-order valence-electron chi connectivity index (χ3n) is 7.01. The fourth-order valence-electron chi connectivity index (χ4n) is 5.04. The molecule has 3 aromatic rings. The van der Waals surface area contributed by atoms with E-state index in [1.807, 2.05) is 45.0 Å². The van der Waals surface area contributed by atoms with Crippen molar-refractivity contribution in [1.29, 1.82) is 0 Å². The molecule has 5 amide bonds. The summed E-state index contributed by atoms with van der Waals surface area (Å²) < 4.78 is 6.96. The number of urea groups is 1. The quantitative estimate of drug-likeness (QED) is 0.365. The lowest BCUT2D eigenvalue weighted by molar-refractivity contribution is -0.135. The van der Waals surface area contributed by atoms with Crippen molar-refractivity contribution in [3.63, 3.8) is 0 Å². The van der Waals surface area contributed by atoms with Crippen molar-refractivity contribution in [2.75, 3.05) is 11.9 Å². The van der Waals surface area contributed by atoms with Crippen LogP contribution in [0.1, 0.15) is 56.3 Å². The Morgan fingerprint density at radius 1 is 1.10 bits per heavy atom. The van der Waals surface area contributed by atoms with Crippen molar-refractivity contribution in [3.8, 4) is 5.88 Å². The number of aromatic nitrogens is 1. The van der Waals surface area contributed by atoms with E-state index in [1.165, 1.54) is 4.57 Å². The third kappa shape index (κ3) is 5.88. The van der Waals surface area contributed by atoms with Crippen molar-refractivity contribution in [3.05, 3.63) is 59.3 Å². The summed E-state index contributed by atoms with van der Waals surface area (Å²) in [6.07, 6.45) is 2.55. The number of nitrogens with one attached hydrogen (secondary N) is 3. The van der Waals surface area contributed by atoms with E-state index in [1.54, 1.807) is 23.2 Å². The van der Waals surface area contributed by atoms with E-state index in [9.17, 15) is 24.3 Å². The number of amides is 5. The van der Waals surface area contributed by atoms with Gasteiger partial charge in [0.25, 0.3) is 0 Å². The zero-order valence-corrected chi connectivity index (χ0v) is 22.7. The van der Waals surface area contributed by atoms with Crippen LogP contribution in [-0.4, -0.2) is 50.7 Å². The predicted octanol–water partition coefficient (Wildman–Crippen LogP) is 3.94. The lowest BCUT2D eigenvalue weighted by Gasteiger charge is -2.31. The first-order valence-corrected chi connectivity index (χ1v) is 13.3. The van der Waals surface area contributed by atoms with Crippen molar-refractivity contribution >= 4 is 40.4 Å². The van der Waals surface area contributed by atoms with Crippen LogP contribution in [0, 0.1) is 0 Å². The Labute approximate surface area is 231 Å². The Morgan fingerprint density at radius 2 is 1.90 bits per heavy atom. The average molecular weight is 548 g/mol. The van der Waals surface area contributed by atoms with Gasteiger partial charge in [-0.3, -0.25) is 14.9 Å². The molecule has 1 unspecified atom stereocenters. The molecule has 2 aliphatic heterocycles. The van der Waals surface area contributed by atoms with Gasteiger partial charge in [0.15, 0.2) is 5.88 Å². The molecular weight excluding hydrogens is 514 g/mol. The smallest absolute Gasteiger partial charge is 0.410 e. The molecule has 3 heterocycles. The zero-order valence-electron chi connectivity index (χ0n) is 22.7. The number of hydrogen-bond acceptors (Lipinski definition) is 6. The summed E-state index contributed by atoms with van der Waals surface area (Å²) in [4.78, 5) is 50.4. The largest absolute Gasteiger partial charge is 0.494 e. The molecule has 11 heteroatoms. The normalized spacial score (nSPS) is 17.3. The van der Waals surface area contributed by atoms with E-state index < -0.39 is 17.6 Å². The van der Waals surface area contributed by atoms with E-state index in [-0.39, 0.29) is 36.9 Å². The molecule has 0 aliphatic carbocycles. The van der Waals surface area contributed by atoms with Crippen LogP contribution in [0.5, 0.6) is 5.88 Å². The fraction of sp³-hybridized carbons (Fsp3) is 0.379. The van der Waals surface area contributed by atoms with Crippen LogP contribution >= 0.6 is 0 Å². The molecule has 2 aromatic carbocycles. The van der Waals surface area contributed by atoms with E-state index in [4.69, 9.17) is 4.74 Å². The number of fused-ring (bicyclic) bond motifs is 2. The maximum atomic E-state index is 12.6. The van der Waals surface area contributed by atoms with Crippen molar-refractivity contribution in [2.45, 2.75) is 64.8 Å². The van der Waals surface area contributed by atoms with E-state index in [0.717, 1.165) is 22.1 Å². The van der Waals surface area contributed by atoms with Crippen molar-refractivity contribution in [1.82, 2.24) is 20.1 Å². The van der Waals surface area contributed by atoms with Crippen LogP contribution in [0.25, 0.3) is 10.8 Å². The molecule has 0 bridgehead atoms. The molecule has 40 heavy (non-hydrogen) atoms. The number of benzene rings is 2. The van der Waals surface area contributed by atoms with Gasteiger partial charge in [-0.15, -0.1) is 0 Å². The Balaban J connectivity index is 1.18. The predicted molar refractivity (Wildman–Crippen MR) is 148 cm³/mol. The molecule has 11 nitrogen and oxygen atoms in total. The summed E-state index contributed by atoms with van der Waals surface area (Å²) in [5.41, 5.74) is 3.01. The lowest BCUT2D eigenvalue weighted by atomic mass is 9.99. The van der Waals surface area contributed by atoms with Gasteiger partial charge in [0.1, 0.15) is 11.6 Å². The Morgan fingerprint density at radius 3 is 2.65 bits per heavy atom. The highest BCUT2D eigenvalue weighted by atomic mass is 16.6. The second kappa shape index (κ2) is 10.6. The minimum Gasteiger partial charge on any atom is -0.494 e. The molecule has 0 spiro atoms. The number of ether oxygens (including phenoxy) is 1. The van der Waals surface area contributed by atoms with E-state index >= 15 is 0 Å². The molecule has 1 fully saturated rings. The van der Waals surface area contributed by atoms with Crippen LogP contribution in [0.4, 0.5) is 15.3 Å². The van der Waals surface area contributed by atoms with Crippen LogP contribution in [0.3, 0.4) is 0 Å². The van der Waals surface area contributed by atoms with Crippen LogP contribution < -0.4 is 16.0 Å². The first-order chi connectivity index (χ1) is 19.0. The minimum atomic E-state index is -0.658. The zero-order chi connectivity index (χ0) is 28.6. The van der Waals surface area contributed by atoms with Crippen LogP contribution in [0.15, 0.2) is 42.6 Å². The molecule has 0 radical (unpaired) electrons. The number of carbonyl (C=O) groups is 4. The van der Waals surface area contributed by atoms with E-state index in [2.05, 4.69) is 16.0 Å². The number of aromatic hydroxyl groups is 1. The number of imide groups is 1. The topological polar surface area (TPSA) is 142 Å². The van der Waals surface area contributed by atoms with Gasteiger partial charge in [0, 0.05) is 48.7 Å². The monoisotopic (exact) mass is 547 g/mol. The summed E-state index contributed by atoms with van der Waals surface area (Å²) in [5.74, 6) is -0.791. The summed E-state index contributed by atoms with van der Waals surface area (Å²) in [6, 6.07) is 10.0. The summed E-state index contributed by atoms with van der Waals surface area (Å²) in [5, 5.41) is 20.0. The maximum absolute atomic E-state index is 12.6. The number of carbonyl (C=O) groups excluding carboxylic acids is 4. The summed E-state index contributed by atoms with van der Waals surface area (Å²) >= 11 is 0. The van der Waals surface area contributed by atoms with E-state index in [0.29, 0.717) is 37.0 Å². The minimum absolute atomic E-state index is 0.0385. The van der Waals surface area contributed by atoms with Gasteiger partial charge < -0.3 is 29.9 Å². The molecular formula is C29H33N5O6. The van der Waals surface area contributed by atoms with Gasteiger partial charge in [-0.05, 0) is 74.6 Å². The number of nitrogens with zero attached hydrogens (tertiary/aromatic N) is 2. The highest BCUT2D eigenvalue weighted by Crippen LogP contribution is 2.33. The maximum Gasteiger partial charge on any atom is 0.410 e. The number of hydrogen-bond donors (Lipinski definition) is 4. The molecule has 5 rings (SSSR count). The molecule has 0 saturated carbocycles. The first-order valence-electron chi connectivity index (χ1n) is 13.3. The number of anilines is 1. The third-order valence-corrected chi connectivity index (χ3v) is 7.01. The Bertz CT molecular complexity index is 1500. The summed E-state index contributed by atoms with van der Waals surface area (Å²) in [6.45, 7) is 6.78. The highest BCUT2D eigenvalue weighted by molar-refractivity contribution is 6.00. The van der Waals surface area contributed by atoms with Gasteiger partial charge in [-0.25, -0.2) is 9.59 Å². The molecule has 1 saturated heterocycles. The number of piperidine rings is 1. The average Bonchev–Trinajstić information content (AvgIpc) is 3.21. The SMILES string of the molecule is CC(C)(C)OC(=O)N1CCc2cc(NC(=O)NCc3ccc4c(O)n(C5CCC(=O)NC5=O)cc4c3)ccc2C1. The molecule has 1 atom stereocenters. The van der Waals surface area contributed by atoms with Crippen molar-refractivity contribution < 1.29 is 29.0 Å². The molecule has 210 valence electrons. The first kappa shape index (κ1) is 27.0. The second-order valence-electron chi connectivity index (χ2n) is 11.2. The second-order valence-corrected chi connectivity index (χ2v) is 11.2. The van der Waals surface area contributed by atoms with Gasteiger partial charge >= 0.3 is 12.1 Å². The van der Waals surface area contributed by atoms with Crippen LogP contribution in [0.2, 0.25) is 0 Å². The molecule has 1 aromatic heterocycles. The fourth-order valence-corrected chi connectivity index (χ4v) is 5.04. The van der Waals surface area contributed by atoms with Gasteiger partial charge in [-0.2, -0.15) is 0 Å². The summed E-state index contributed by atoms with van der Waals surface area (Å²) in [7, 11) is 0. The van der Waals surface area contributed by atoms with Crippen LogP contribution in [-0.2, 0) is 33.8 Å². The Kier molecular flexibility index (Phi) is 7.14. The standard InChI is InChI=1S/C29H33N5O6/c1-29(2,3)40-28(39)33-11-10-18-13-21(6-5-19(18)15-33)31-27(38)30-14-17-4-7-22-20(12-17)16-34(26(22)37)23-8-9-24(35)32-25(23)36/h4-7,12-13,16,23,37H,8-11,14-15H2,1-3H3,(H2,30,31,38)(H,32,35,36). The van der Waals surface area contributed by atoms with Gasteiger partial charge in [0.05, 0.1) is 0 Å². The van der Waals surface area contributed by atoms with Gasteiger partial charge in [-0.1, -0.05) is 12.1 Å². The van der Waals surface area contributed by atoms with Gasteiger partial charge in [0.2, 0.25) is 11.8 Å². The highest BCUT2D eigenvalue weighted by Gasteiger charge is 2.30. The number of rotatable bonds is 4. The molecule has 2 aliphatic rings.